The van der Waals surface area contributed by atoms with Crippen LogP contribution in [0.5, 0.6) is 0 Å². The molecule has 0 saturated carbocycles. The van der Waals surface area contributed by atoms with Crippen molar-refractivity contribution in [2.45, 2.75) is 40.0 Å². The summed E-state index contributed by atoms with van der Waals surface area (Å²) in [5.74, 6) is 1.92. The third kappa shape index (κ3) is 5.21. The van der Waals surface area contributed by atoms with Gasteiger partial charge in [-0.3, -0.25) is 4.98 Å². The summed E-state index contributed by atoms with van der Waals surface area (Å²) in [5.41, 5.74) is 7.71. The van der Waals surface area contributed by atoms with E-state index < -0.39 is 0 Å². The van der Waals surface area contributed by atoms with Gasteiger partial charge in [-0.15, -0.1) is 0 Å². The van der Waals surface area contributed by atoms with Gasteiger partial charge in [0.15, 0.2) is 17.5 Å². The van der Waals surface area contributed by atoms with Crippen molar-refractivity contribution in [1.82, 2.24) is 24.9 Å². The van der Waals surface area contributed by atoms with Gasteiger partial charge in [-0.1, -0.05) is 106 Å². The molecule has 5 nitrogen and oxygen atoms in total. The van der Waals surface area contributed by atoms with Crippen molar-refractivity contribution in [2.24, 2.45) is 0 Å². The molecule has 0 aliphatic carbocycles. The number of benzene rings is 3. The smallest absolute Gasteiger partial charge is 0.164 e. The van der Waals surface area contributed by atoms with Crippen LogP contribution in [0.25, 0.3) is 61.3 Å². The van der Waals surface area contributed by atoms with E-state index in [4.69, 9.17) is 24.9 Å². The first-order chi connectivity index (χ1) is 20.4. The lowest BCUT2D eigenvalue weighted by molar-refractivity contribution is 0.572. The number of allylic oxidation sites excluding steroid dienone is 4. The van der Waals surface area contributed by atoms with Crippen LogP contribution in [0.4, 0.5) is 0 Å². The molecule has 206 valence electrons. The summed E-state index contributed by atoms with van der Waals surface area (Å²) in [6, 6.07) is 29.1. The minimum atomic E-state index is -0.138. The Morgan fingerprint density at radius 2 is 1.40 bits per heavy atom. The Labute approximate surface area is 246 Å². The van der Waals surface area contributed by atoms with Crippen molar-refractivity contribution in [3.05, 3.63) is 121 Å². The molecule has 6 aromatic rings. The van der Waals surface area contributed by atoms with Gasteiger partial charge in [-0.2, -0.15) is 0 Å². The lowest BCUT2D eigenvalue weighted by Gasteiger charge is -2.21. The minimum Gasteiger partial charge on any atom is -0.254 e. The molecule has 0 unspecified atom stereocenters. The fraction of sp³-hybridized carbons (Fsp3) is 0.162. The molecule has 6 rings (SSSR count). The molecule has 0 bridgehead atoms. The third-order valence-corrected chi connectivity index (χ3v) is 7.33. The minimum absolute atomic E-state index is 0.138. The third-order valence-electron chi connectivity index (χ3n) is 7.33. The number of hydrogen-bond donors (Lipinski definition) is 0. The summed E-state index contributed by atoms with van der Waals surface area (Å²) in [6.45, 7) is 10.6. The highest BCUT2D eigenvalue weighted by Crippen LogP contribution is 2.36. The van der Waals surface area contributed by atoms with Gasteiger partial charge in [0.1, 0.15) is 0 Å². The van der Waals surface area contributed by atoms with Crippen molar-refractivity contribution < 1.29 is 0 Å². The molecule has 5 heteroatoms. The van der Waals surface area contributed by atoms with E-state index in [2.05, 4.69) is 69.3 Å². The molecule has 0 aliphatic heterocycles. The van der Waals surface area contributed by atoms with E-state index in [9.17, 15) is 0 Å². The second-order valence-corrected chi connectivity index (χ2v) is 11.3. The van der Waals surface area contributed by atoms with Gasteiger partial charge in [0.25, 0.3) is 0 Å². The van der Waals surface area contributed by atoms with E-state index in [0.717, 1.165) is 55.3 Å². The van der Waals surface area contributed by atoms with Crippen molar-refractivity contribution in [3.8, 4) is 33.9 Å². The Balaban J connectivity index is 1.57. The Morgan fingerprint density at radius 3 is 2.14 bits per heavy atom. The van der Waals surface area contributed by atoms with Crippen LogP contribution in [-0.2, 0) is 5.41 Å². The molecule has 3 aromatic heterocycles. The van der Waals surface area contributed by atoms with Gasteiger partial charge >= 0.3 is 0 Å². The number of rotatable bonds is 5. The molecule has 0 amide bonds. The maximum absolute atomic E-state index is 5.14. The Kier molecular flexibility index (Phi) is 7.17. The lowest BCUT2D eigenvalue weighted by Crippen LogP contribution is -2.14. The molecule has 0 saturated heterocycles. The molecule has 0 fully saturated rings. The first kappa shape index (κ1) is 27.2. The average Bonchev–Trinajstić information content (AvgIpc) is 3.02. The van der Waals surface area contributed by atoms with Gasteiger partial charge in [-0.05, 0) is 43.2 Å². The van der Waals surface area contributed by atoms with E-state index >= 15 is 0 Å². The van der Waals surface area contributed by atoms with Gasteiger partial charge in [0.05, 0.1) is 11.0 Å². The standard InChI is InChI=1S/C37H33N5/c1-6-13-24(7-2)34-40-35(26-14-9-8-10-15-26)42-36(41-34)28-17-11-16-27(22-28)30-23-31(37(3,4)5)39-33-29(30)20-19-25-18-12-21-38-32(25)33/h6-23H,1-5H3/b13-6-,24-7+. The quantitative estimate of drug-likeness (QED) is 0.159. The molecule has 0 spiro atoms. The summed E-state index contributed by atoms with van der Waals surface area (Å²) in [5, 5.41) is 2.15. The molecule has 42 heavy (non-hydrogen) atoms. The maximum atomic E-state index is 5.14. The number of nitrogens with zero attached hydrogens (tertiary/aromatic N) is 5. The number of fused-ring (bicyclic) bond motifs is 3. The molecule has 0 radical (unpaired) electrons. The van der Waals surface area contributed by atoms with Gasteiger partial charge in [0, 0.05) is 44.8 Å². The predicted octanol–water partition coefficient (Wildman–Crippen LogP) is 9.25. The molecular formula is C37H33N5. The zero-order chi connectivity index (χ0) is 29.3. The highest BCUT2D eigenvalue weighted by molar-refractivity contribution is 6.08. The molecule has 3 heterocycles. The van der Waals surface area contributed by atoms with Crippen LogP contribution in [-0.4, -0.2) is 24.9 Å². The van der Waals surface area contributed by atoms with E-state index in [1.807, 2.05) is 74.7 Å². The second-order valence-electron chi connectivity index (χ2n) is 11.3. The van der Waals surface area contributed by atoms with Crippen LogP contribution < -0.4 is 0 Å². The first-order valence-electron chi connectivity index (χ1n) is 14.3. The van der Waals surface area contributed by atoms with Gasteiger partial charge < -0.3 is 0 Å². The fourth-order valence-electron chi connectivity index (χ4n) is 5.11. The summed E-state index contributed by atoms with van der Waals surface area (Å²) in [4.78, 5) is 24.6. The number of pyridine rings is 2. The monoisotopic (exact) mass is 547 g/mol. The highest BCUT2D eigenvalue weighted by atomic mass is 15.0. The van der Waals surface area contributed by atoms with Crippen molar-refractivity contribution >= 4 is 27.4 Å². The Bertz CT molecular complexity index is 1980. The van der Waals surface area contributed by atoms with Crippen LogP contribution in [0.3, 0.4) is 0 Å². The second kappa shape index (κ2) is 11.1. The van der Waals surface area contributed by atoms with E-state index in [-0.39, 0.29) is 5.41 Å². The Morgan fingerprint density at radius 1 is 0.667 bits per heavy atom. The average molecular weight is 548 g/mol. The fourth-order valence-corrected chi connectivity index (χ4v) is 5.11. The zero-order valence-electron chi connectivity index (χ0n) is 24.6. The molecule has 0 atom stereocenters. The summed E-state index contributed by atoms with van der Waals surface area (Å²) < 4.78 is 0. The highest BCUT2D eigenvalue weighted by Gasteiger charge is 2.20. The zero-order valence-corrected chi connectivity index (χ0v) is 24.6. The van der Waals surface area contributed by atoms with Crippen LogP contribution >= 0.6 is 0 Å². The van der Waals surface area contributed by atoms with Crippen molar-refractivity contribution in [3.63, 3.8) is 0 Å². The predicted molar refractivity (Wildman–Crippen MR) is 174 cm³/mol. The van der Waals surface area contributed by atoms with Crippen LogP contribution in [0, 0.1) is 0 Å². The maximum Gasteiger partial charge on any atom is 0.164 e. The van der Waals surface area contributed by atoms with Crippen molar-refractivity contribution in [1.29, 1.82) is 0 Å². The van der Waals surface area contributed by atoms with Crippen LogP contribution in [0.15, 0.2) is 109 Å². The normalized spacial score (nSPS) is 12.5. The summed E-state index contributed by atoms with van der Waals surface area (Å²) >= 11 is 0. The van der Waals surface area contributed by atoms with Crippen molar-refractivity contribution in [2.75, 3.05) is 0 Å². The molecule has 0 N–H and O–H groups in total. The topological polar surface area (TPSA) is 64.5 Å². The largest absolute Gasteiger partial charge is 0.254 e. The number of aromatic nitrogens is 5. The summed E-state index contributed by atoms with van der Waals surface area (Å²) in [6.07, 6.45) is 7.89. The SMILES string of the molecule is C/C=C\C(=C/C)c1nc(-c2ccccc2)nc(-c2cccc(-c3cc(C(C)(C)C)nc4c3ccc3cccnc34)c2)n1. The Hall–Kier alpha value is -5.03. The first-order valence-corrected chi connectivity index (χ1v) is 14.3. The van der Waals surface area contributed by atoms with E-state index in [1.54, 1.807) is 0 Å². The lowest BCUT2D eigenvalue weighted by atomic mass is 9.88. The van der Waals surface area contributed by atoms with E-state index in [0.29, 0.717) is 17.5 Å². The molecule has 3 aromatic carbocycles. The number of hydrogen-bond acceptors (Lipinski definition) is 5. The van der Waals surface area contributed by atoms with E-state index in [1.165, 1.54) is 0 Å². The van der Waals surface area contributed by atoms with Crippen LogP contribution in [0.1, 0.15) is 46.1 Å². The van der Waals surface area contributed by atoms with Crippen LogP contribution in [0.2, 0.25) is 0 Å². The summed E-state index contributed by atoms with van der Waals surface area (Å²) in [7, 11) is 0. The van der Waals surface area contributed by atoms with Gasteiger partial charge in [-0.25, -0.2) is 19.9 Å². The van der Waals surface area contributed by atoms with Gasteiger partial charge in [0.2, 0.25) is 0 Å². The molecule has 0 aliphatic rings. The molecular weight excluding hydrogens is 514 g/mol.